The van der Waals surface area contributed by atoms with E-state index in [0.717, 1.165) is 15.7 Å². The molecule has 2 amide bonds. The molecule has 0 atom stereocenters. The number of anilines is 1. The zero-order valence-corrected chi connectivity index (χ0v) is 16.3. The van der Waals surface area contributed by atoms with Crippen molar-refractivity contribution in [1.29, 1.82) is 0 Å². The van der Waals surface area contributed by atoms with Crippen LogP contribution in [0.1, 0.15) is 26.3 Å². The first kappa shape index (κ1) is 19.8. The second-order valence-corrected chi connectivity index (χ2v) is 7.95. The van der Waals surface area contributed by atoms with Crippen molar-refractivity contribution in [2.75, 3.05) is 23.4 Å². The predicted octanol–water partition coefficient (Wildman–Crippen LogP) is 3.95. The van der Waals surface area contributed by atoms with E-state index in [1.54, 1.807) is 0 Å². The molecule has 0 fully saturated rings. The first-order valence-corrected chi connectivity index (χ1v) is 9.23. The molecule has 1 rings (SSSR count). The lowest BCUT2D eigenvalue weighted by molar-refractivity contribution is -0.113. The zero-order chi connectivity index (χ0) is 17.5. The fourth-order valence-electron chi connectivity index (χ4n) is 1.57. The van der Waals surface area contributed by atoms with Gasteiger partial charge in [0.2, 0.25) is 5.91 Å². The molecule has 2 N–H and O–H groups in total. The summed E-state index contributed by atoms with van der Waals surface area (Å²) in [7, 11) is 0. The topological polar surface area (TPSA) is 67.4 Å². The molecule has 0 saturated carbocycles. The number of ether oxygens (including phenoxy) is 1. The van der Waals surface area contributed by atoms with E-state index < -0.39 is 11.7 Å². The monoisotopic (exact) mass is 402 g/mol. The molecule has 0 spiro atoms. The van der Waals surface area contributed by atoms with Crippen LogP contribution in [0.15, 0.2) is 22.7 Å². The average Bonchev–Trinajstić information content (AvgIpc) is 2.40. The Bertz CT molecular complexity index is 559. The highest BCUT2D eigenvalue weighted by atomic mass is 79.9. The molecular formula is C16H23BrN2O3S. The van der Waals surface area contributed by atoms with Crippen LogP contribution in [0.4, 0.5) is 10.5 Å². The summed E-state index contributed by atoms with van der Waals surface area (Å²) in [6, 6.07) is 5.69. The number of alkyl carbamates (subject to hydrolysis) is 1. The van der Waals surface area contributed by atoms with Crippen LogP contribution >= 0.6 is 27.7 Å². The number of benzene rings is 1. The molecule has 1 aromatic carbocycles. The lowest BCUT2D eigenvalue weighted by atomic mass is 10.2. The molecule has 0 aliphatic carbocycles. The minimum absolute atomic E-state index is 0.0666. The zero-order valence-electron chi connectivity index (χ0n) is 13.9. The van der Waals surface area contributed by atoms with E-state index in [4.69, 9.17) is 4.74 Å². The molecule has 5 nitrogen and oxygen atoms in total. The van der Waals surface area contributed by atoms with Gasteiger partial charge in [-0.2, -0.15) is 11.8 Å². The van der Waals surface area contributed by atoms with Gasteiger partial charge in [-0.25, -0.2) is 4.79 Å². The largest absolute Gasteiger partial charge is 0.444 e. The number of amides is 2. The van der Waals surface area contributed by atoms with Gasteiger partial charge >= 0.3 is 6.09 Å². The fourth-order valence-corrected chi connectivity index (χ4v) is 2.60. The maximum Gasteiger partial charge on any atom is 0.407 e. The van der Waals surface area contributed by atoms with Gasteiger partial charge in [-0.3, -0.25) is 4.79 Å². The third kappa shape index (κ3) is 8.86. The summed E-state index contributed by atoms with van der Waals surface area (Å²) >= 11 is 4.89. The second-order valence-electron chi connectivity index (χ2n) is 5.99. The minimum atomic E-state index is -0.501. The van der Waals surface area contributed by atoms with E-state index in [0.29, 0.717) is 18.1 Å². The van der Waals surface area contributed by atoms with Crippen molar-refractivity contribution >= 4 is 45.4 Å². The molecule has 1 aromatic rings. The number of carbonyl (C=O) groups is 2. The Morgan fingerprint density at radius 3 is 2.61 bits per heavy atom. The van der Waals surface area contributed by atoms with Crippen LogP contribution in [0.2, 0.25) is 0 Å². The molecule has 0 aromatic heterocycles. The van der Waals surface area contributed by atoms with Gasteiger partial charge < -0.3 is 15.4 Å². The third-order valence-electron chi connectivity index (χ3n) is 2.60. The number of halogens is 1. The summed E-state index contributed by atoms with van der Waals surface area (Å²) in [5, 5.41) is 5.50. The van der Waals surface area contributed by atoms with Gasteiger partial charge in [0.15, 0.2) is 0 Å². The highest BCUT2D eigenvalue weighted by Crippen LogP contribution is 2.20. The summed E-state index contributed by atoms with van der Waals surface area (Å²) in [5.41, 5.74) is 1.38. The van der Waals surface area contributed by atoms with Crippen LogP contribution in [0, 0.1) is 6.92 Å². The molecule has 7 heteroatoms. The lowest BCUT2D eigenvalue weighted by Crippen LogP contribution is -2.33. The molecular weight excluding hydrogens is 380 g/mol. The van der Waals surface area contributed by atoms with Crippen molar-refractivity contribution in [1.82, 2.24) is 5.32 Å². The normalized spacial score (nSPS) is 11.0. The molecule has 128 valence electrons. The molecule has 0 saturated heterocycles. The number of carbonyl (C=O) groups excluding carboxylic acids is 2. The lowest BCUT2D eigenvalue weighted by Gasteiger charge is -2.19. The van der Waals surface area contributed by atoms with E-state index >= 15 is 0 Å². The van der Waals surface area contributed by atoms with Gasteiger partial charge in [-0.15, -0.1) is 0 Å². The SMILES string of the molecule is Cc1ccc(NC(=O)CSCCNC(=O)OC(C)(C)C)cc1Br. The smallest absolute Gasteiger partial charge is 0.407 e. The Morgan fingerprint density at radius 2 is 2.00 bits per heavy atom. The van der Waals surface area contributed by atoms with Crippen molar-refractivity contribution in [2.24, 2.45) is 0 Å². The standard InChI is InChI=1S/C16H23BrN2O3S/c1-11-5-6-12(9-13(11)17)19-14(20)10-23-8-7-18-15(21)22-16(2,3)4/h5-6,9H,7-8,10H2,1-4H3,(H,18,21)(H,19,20). The fraction of sp³-hybridized carbons (Fsp3) is 0.500. The van der Waals surface area contributed by atoms with Gasteiger partial charge in [0.05, 0.1) is 5.75 Å². The van der Waals surface area contributed by atoms with E-state index in [-0.39, 0.29) is 5.91 Å². The van der Waals surface area contributed by atoms with E-state index in [1.165, 1.54) is 11.8 Å². The Balaban J connectivity index is 2.19. The number of rotatable bonds is 6. The summed E-state index contributed by atoms with van der Waals surface area (Å²) in [4.78, 5) is 23.3. The van der Waals surface area contributed by atoms with Gasteiger partial charge in [-0.05, 0) is 45.4 Å². The van der Waals surface area contributed by atoms with Crippen LogP contribution in [0.25, 0.3) is 0 Å². The van der Waals surface area contributed by atoms with Gasteiger partial charge in [0.1, 0.15) is 5.60 Å². The predicted molar refractivity (Wildman–Crippen MR) is 99.1 cm³/mol. The number of aryl methyl sites for hydroxylation is 1. The molecule has 0 aliphatic heterocycles. The molecule has 0 heterocycles. The quantitative estimate of drug-likeness (QED) is 0.706. The van der Waals surface area contributed by atoms with Crippen molar-refractivity contribution in [3.8, 4) is 0 Å². The van der Waals surface area contributed by atoms with Gasteiger partial charge in [0, 0.05) is 22.5 Å². The van der Waals surface area contributed by atoms with Crippen molar-refractivity contribution in [3.05, 3.63) is 28.2 Å². The first-order valence-electron chi connectivity index (χ1n) is 7.28. The molecule has 0 radical (unpaired) electrons. The van der Waals surface area contributed by atoms with Crippen LogP contribution in [-0.4, -0.2) is 35.7 Å². The number of hydrogen-bond acceptors (Lipinski definition) is 4. The molecule has 23 heavy (non-hydrogen) atoms. The highest BCUT2D eigenvalue weighted by Gasteiger charge is 2.15. The number of hydrogen-bond donors (Lipinski definition) is 2. The second kappa shape index (κ2) is 9.17. The van der Waals surface area contributed by atoms with E-state index in [9.17, 15) is 9.59 Å². The molecule has 0 aliphatic rings. The maximum atomic E-state index is 11.8. The van der Waals surface area contributed by atoms with Crippen molar-refractivity contribution in [2.45, 2.75) is 33.3 Å². The average molecular weight is 403 g/mol. The van der Waals surface area contributed by atoms with E-state index in [1.807, 2.05) is 45.9 Å². The summed E-state index contributed by atoms with van der Waals surface area (Å²) < 4.78 is 6.08. The van der Waals surface area contributed by atoms with Gasteiger partial charge in [-0.1, -0.05) is 22.0 Å². The Labute approximate surface area is 150 Å². The Morgan fingerprint density at radius 1 is 1.30 bits per heavy atom. The van der Waals surface area contributed by atoms with Gasteiger partial charge in [0.25, 0.3) is 0 Å². The maximum absolute atomic E-state index is 11.8. The van der Waals surface area contributed by atoms with Crippen LogP contribution < -0.4 is 10.6 Å². The number of nitrogens with one attached hydrogen (secondary N) is 2. The van der Waals surface area contributed by atoms with Crippen molar-refractivity contribution < 1.29 is 14.3 Å². The van der Waals surface area contributed by atoms with Crippen LogP contribution in [0.5, 0.6) is 0 Å². The summed E-state index contributed by atoms with van der Waals surface area (Å²) in [5.74, 6) is 0.911. The van der Waals surface area contributed by atoms with Crippen molar-refractivity contribution in [3.63, 3.8) is 0 Å². The first-order chi connectivity index (χ1) is 10.7. The van der Waals surface area contributed by atoms with Crippen LogP contribution in [-0.2, 0) is 9.53 Å². The highest BCUT2D eigenvalue weighted by molar-refractivity contribution is 9.10. The minimum Gasteiger partial charge on any atom is -0.444 e. The molecule has 0 bridgehead atoms. The third-order valence-corrected chi connectivity index (χ3v) is 4.42. The van der Waals surface area contributed by atoms with Crippen LogP contribution in [0.3, 0.4) is 0 Å². The summed E-state index contributed by atoms with van der Waals surface area (Å²) in [6.07, 6.45) is -0.438. The summed E-state index contributed by atoms with van der Waals surface area (Å²) in [6.45, 7) is 7.89. The van der Waals surface area contributed by atoms with E-state index in [2.05, 4.69) is 26.6 Å². The Kier molecular flexibility index (Phi) is 7.91. The number of thioether (sulfide) groups is 1. The Hall–Kier alpha value is -1.21. The molecule has 0 unspecified atom stereocenters.